The van der Waals surface area contributed by atoms with Crippen LogP contribution in [0.2, 0.25) is 5.15 Å². The van der Waals surface area contributed by atoms with E-state index in [0.29, 0.717) is 0 Å². The molecular weight excluding hydrogens is 359 g/mol. The van der Waals surface area contributed by atoms with Gasteiger partial charge in [0.1, 0.15) is 10.0 Å². The van der Waals surface area contributed by atoms with Crippen molar-refractivity contribution in [2.75, 3.05) is 11.5 Å². The maximum absolute atomic E-state index is 11.7. The van der Waals surface area contributed by atoms with Crippen molar-refractivity contribution in [2.45, 2.75) is 44.6 Å². The highest BCUT2D eigenvalue weighted by atomic mass is 35.7. The molecule has 1 aromatic heterocycles. The Kier molecular flexibility index (Phi) is 5.41. The van der Waals surface area contributed by atoms with Crippen molar-refractivity contribution in [3.05, 3.63) is 10.8 Å². The highest BCUT2D eigenvalue weighted by Crippen LogP contribution is 2.35. The summed E-state index contributed by atoms with van der Waals surface area (Å²) in [5, 5.41) is 3.98. The first-order valence-corrected chi connectivity index (χ1v) is 10.7. The Labute approximate surface area is 134 Å². The predicted octanol–water partition coefficient (Wildman–Crippen LogP) is 2.20. The first kappa shape index (κ1) is 18.7. The quantitative estimate of drug-likeness (QED) is 0.735. The second-order valence-electron chi connectivity index (χ2n) is 5.62. The normalized spacial score (nSPS) is 13.6. The van der Waals surface area contributed by atoms with E-state index in [1.807, 2.05) is 0 Å². The van der Waals surface area contributed by atoms with E-state index in [4.69, 9.17) is 22.3 Å². The van der Waals surface area contributed by atoms with Crippen LogP contribution >= 0.6 is 22.3 Å². The topological polar surface area (TPSA) is 86.1 Å². The SMILES string of the molecule is CCS(=O)(=O)CCn1nc(C(C)(C)C)c(S(=O)(=O)Cl)c1Cl. The summed E-state index contributed by atoms with van der Waals surface area (Å²) in [6, 6.07) is 0. The number of sulfone groups is 1. The molecule has 0 aliphatic carbocycles. The minimum atomic E-state index is -4.08. The molecule has 6 nitrogen and oxygen atoms in total. The summed E-state index contributed by atoms with van der Waals surface area (Å²) in [5.74, 6) is -0.172. The van der Waals surface area contributed by atoms with Crippen molar-refractivity contribution in [2.24, 2.45) is 0 Å². The third-order valence-electron chi connectivity index (χ3n) is 2.86. The van der Waals surface area contributed by atoms with Gasteiger partial charge in [0.25, 0.3) is 9.05 Å². The summed E-state index contributed by atoms with van der Waals surface area (Å²) in [6.45, 7) is 6.82. The lowest BCUT2D eigenvalue weighted by atomic mass is 9.92. The van der Waals surface area contributed by atoms with E-state index in [9.17, 15) is 16.8 Å². The van der Waals surface area contributed by atoms with Crippen LogP contribution in [0.4, 0.5) is 0 Å². The Morgan fingerprint density at radius 1 is 1.19 bits per heavy atom. The highest BCUT2D eigenvalue weighted by Gasteiger charge is 2.33. The Balaban J connectivity index is 3.36. The summed E-state index contributed by atoms with van der Waals surface area (Å²) in [7, 11) is -1.87. The fraction of sp³-hybridized carbons (Fsp3) is 0.727. The molecule has 0 aliphatic heterocycles. The van der Waals surface area contributed by atoms with Gasteiger partial charge in [0.15, 0.2) is 9.84 Å². The van der Waals surface area contributed by atoms with Crippen LogP contribution in [-0.4, -0.2) is 38.1 Å². The number of halogens is 2. The molecule has 0 aromatic carbocycles. The molecule has 1 aromatic rings. The number of aryl methyl sites for hydroxylation is 1. The molecule has 0 aliphatic rings. The van der Waals surface area contributed by atoms with Crippen LogP contribution in [0.25, 0.3) is 0 Å². The van der Waals surface area contributed by atoms with Gasteiger partial charge < -0.3 is 0 Å². The molecule has 0 saturated carbocycles. The molecule has 0 atom stereocenters. The average molecular weight is 377 g/mol. The molecule has 0 radical (unpaired) electrons. The molecule has 0 fully saturated rings. The van der Waals surface area contributed by atoms with Gasteiger partial charge in [-0.05, 0) is 0 Å². The minimum Gasteiger partial charge on any atom is -0.251 e. The second-order valence-corrected chi connectivity index (χ2v) is 10.9. The summed E-state index contributed by atoms with van der Waals surface area (Å²) in [5.41, 5.74) is -0.382. The highest BCUT2D eigenvalue weighted by molar-refractivity contribution is 8.13. The maximum atomic E-state index is 11.7. The standard InChI is InChI=1S/C11H18Cl2N2O4S2/c1-5-20(16,17)7-6-15-10(12)8(21(13,18)19)9(14-15)11(2,3)4/h5-7H2,1-4H3. The van der Waals surface area contributed by atoms with E-state index in [1.165, 1.54) is 11.6 Å². The molecule has 0 bridgehead atoms. The van der Waals surface area contributed by atoms with Crippen LogP contribution in [0, 0.1) is 0 Å². The molecular formula is C11H18Cl2N2O4S2. The van der Waals surface area contributed by atoms with Gasteiger partial charge in [-0.25, -0.2) is 16.8 Å². The summed E-state index contributed by atoms with van der Waals surface area (Å²) in [6.07, 6.45) is 0. The van der Waals surface area contributed by atoms with Crippen molar-refractivity contribution < 1.29 is 16.8 Å². The molecule has 0 N–H and O–H groups in total. The number of rotatable bonds is 5. The Hall–Kier alpha value is -0.310. The minimum absolute atomic E-state index is 0.00131. The van der Waals surface area contributed by atoms with Crippen LogP contribution in [0.15, 0.2) is 4.90 Å². The fourth-order valence-electron chi connectivity index (χ4n) is 1.65. The van der Waals surface area contributed by atoms with Gasteiger partial charge >= 0.3 is 0 Å². The lowest BCUT2D eigenvalue weighted by Crippen LogP contribution is -2.17. The van der Waals surface area contributed by atoms with Crippen molar-refractivity contribution in [3.8, 4) is 0 Å². The first-order valence-electron chi connectivity index (χ1n) is 6.21. The van der Waals surface area contributed by atoms with E-state index >= 15 is 0 Å². The Bertz CT molecular complexity index is 731. The van der Waals surface area contributed by atoms with Gasteiger partial charge in [-0.1, -0.05) is 39.3 Å². The lowest BCUT2D eigenvalue weighted by molar-refractivity contribution is 0.529. The zero-order chi connectivity index (χ0) is 16.6. The van der Waals surface area contributed by atoms with Crippen LogP contribution in [-0.2, 0) is 30.8 Å². The molecule has 1 rings (SSSR count). The van der Waals surface area contributed by atoms with E-state index in [-0.39, 0.29) is 33.8 Å². The van der Waals surface area contributed by atoms with E-state index in [0.717, 1.165) is 0 Å². The third kappa shape index (κ3) is 4.58. The van der Waals surface area contributed by atoms with Gasteiger partial charge in [0.05, 0.1) is 18.0 Å². The van der Waals surface area contributed by atoms with Gasteiger partial charge in [-0.15, -0.1) is 0 Å². The van der Waals surface area contributed by atoms with Gasteiger partial charge in [0, 0.05) is 21.9 Å². The van der Waals surface area contributed by atoms with Gasteiger partial charge in [-0.3, -0.25) is 4.68 Å². The molecule has 0 amide bonds. The van der Waals surface area contributed by atoms with Crippen molar-refractivity contribution in [1.82, 2.24) is 9.78 Å². The molecule has 0 unspecified atom stereocenters. The third-order valence-corrected chi connectivity index (χ3v) is 6.38. The van der Waals surface area contributed by atoms with Gasteiger partial charge in [-0.2, -0.15) is 5.10 Å². The van der Waals surface area contributed by atoms with Crippen molar-refractivity contribution >= 4 is 41.2 Å². The zero-order valence-electron chi connectivity index (χ0n) is 12.2. The summed E-state index contributed by atoms with van der Waals surface area (Å²) >= 11 is 6.03. The molecule has 1 heterocycles. The molecule has 0 spiro atoms. The summed E-state index contributed by atoms with van der Waals surface area (Å²) in [4.78, 5) is -0.257. The lowest BCUT2D eigenvalue weighted by Gasteiger charge is -2.16. The first-order chi connectivity index (χ1) is 9.29. The molecule has 10 heteroatoms. The molecule has 122 valence electrons. The second kappa shape index (κ2) is 6.06. The van der Waals surface area contributed by atoms with Crippen LogP contribution in [0.1, 0.15) is 33.4 Å². The van der Waals surface area contributed by atoms with Gasteiger partial charge in [0.2, 0.25) is 0 Å². The summed E-state index contributed by atoms with van der Waals surface area (Å²) < 4.78 is 47.7. The largest absolute Gasteiger partial charge is 0.266 e. The van der Waals surface area contributed by atoms with E-state index < -0.39 is 24.3 Å². The van der Waals surface area contributed by atoms with Crippen molar-refractivity contribution in [3.63, 3.8) is 0 Å². The molecule has 0 saturated heterocycles. The number of nitrogens with zero attached hydrogens (tertiary/aromatic N) is 2. The van der Waals surface area contributed by atoms with Crippen molar-refractivity contribution in [1.29, 1.82) is 0 Å². The van der Waals surface area contributed by atoms with Crippen LogP contribution < -0.4 is 0 Å². The average Bonchev–Trinajstić information content (AvgIpc) is 2.63. The fourth-order valence-corrected chi connectivity index (χ4v) is 4.35. The van der Waals surface area contributed by atoms with Crippen LogP contribution in [0.5, 0.6) is 0 Å². The zero-order valence-corrected chi connectivity index (χ0v) is 15.4. The van der Waals surface area contributed by atoms with E-state index in [2.05, 4.69) is 5.10 Å². The maximum Gasteiger partial charge on any atom is 0.266 e. The number of hydrogen-bond donors (Lipinski definition) is 0. The van der Waals surface area contributed by atoms with E-state index in [1.54, 1.807) is 20.8 Å². The smallest absolute Gasteiger partial charge is 0.251 e. The Morgan fingerprint density at radius 3 is 2.05 bits per heavy atom. The van der Waals surface area contributed by atoms with Crippen LogP contribution in [0.3, 0.4) is 0 Å². The number of hydrogen-bond acceptors (Lipinski definition) is 5. The molecule has 21 heavy (non-hydrogen) atoms. The predicted molar refractivity (Wildman–Crippen MR) is 83.3 cm³/mol. The monoisotopic (exact) mass is 376 g/mol. The number of aromatic nitrogens is 2. The Morgan fingerprint density at radius 2 is 1.71 bits per heavy atom.